The highest BCUT2D eigenvalue weighted by Crippen LogP contribution is 2.26. The molecule has 2 heterocycles. The minimum Gasteiger partial charge on any atom is -0.472 e. The van der Waals surface area contributed by atoms with Crippen LogP contribution in [0.15, 0.2) is 42.7 Å². The van der Waals surface area contributed by atoms with E-state index in [0.29, 0.717) is 31.4 Å². The number of hydrogen-bond acceptors (Lipinski definition) is 7. The van der Waals surface area contributed by atoms with Crippen LogP contribution >= 0.6 is 0 Å². The number of esters is 1. The number of nitrogens with zero attached hydrogens (tertiary/aromatic N) is 3. The lowest BCUT2D eigenvalue weighted by molar-refractivity contribution is -0.155. The van der Waals surface area contributed by atoms with Crippen molar-refractivity contribution in [2.75, 3.05) is 24.5 Å². The summed E-state index contributed by atoms with van der Waals surface area (Å²) in [5, 5.41) is 3.24. The first-order valence-electron chi connectivity index (χ1n) is 8.23. The summed E-state index contributed by atoms with van der Waals surface area (Å²) >= 11 is 0. The molecular formula is C18H22N4O3. The number of ether oxygens (including phenoxy) is 2. The second-order valence-electron chi connectivity index (χ2n) is 6.09. The number of hydrogen-bond donors (Lipinski definition) is 1. The van der Waals surface area contributed by atoms with Gasteiger partial charge in [-0.2, -0.15) is 4.98 Å². The van der Waals surface area contributed by atoms with Gasteiger partial charge in [-0.05, 0) is 12.5 Å². The minimum absolute atomic E-state index is 0.333. The summed E-state index contributed by atoms with van der Waals surface area (Å²) in [4.78, 5) is 22.2. The fourth-order valence-corrected chi connectivity index (χ4v) is 2.87. The molecule has 1 saturated heterocycles. The van der Waals surface area contributed by atoms with Crippen molar-refractivity contribution in [1.29, 1.82) is 0 Å². The molecule has 0 unspecified atom stereocenters. The normalized spacial score (nSPS) is 20.2. The van der Waals surface area contributed by atoms with Crippen LogP contribution in [0, 0.1) is 0 Å². The summed E-state index contributed by atoms with van der Waals surface area (Å²) in [5.74, 6) is 0.724. The van der Waals surface area contributed by atoms with Gasteiger partial charge in [0.2, 0.25) is 5.88 Å². The molecule has 3 rings (SSSR count). The van der Waals surface area contributed by atoms with Gasteiger partial charge in [0.25, 0.3) is 0 Å². The monoisotopic (exact) mass is 342 g/mol. The molecule has 0 radical (unpaired) electrons. The van der Waals surface area contributed by atoms with Gasteiger partial charge < -0.3 is 19.7 Å². The molecule has 1 aliphatic heterocycles. The molecule has 1 fully saturated rings. The van der Waals surface area contributed by atoms with E-state index in [2.05, 4.69) is 15.3 Å². The number of benzene rings is 1. The molecule has 0 saturated carbocycles. The largest absolute Gasteiger partial charge is 0.472 e. The molecule has 0 bridgehead atoms. The van der Waals surface area contributed by atoms with Gasteiger partial charge >= 0.3 is 5.97 Å². The Morgan fingerprint density at radius 2 is 2.12 bits per heavy atom. The van der Waals surface area contributed by atoms with Crippen molar-refractivity contribution in [1.82, 2.24) is 15.3 Å². The second-order valence-corrected chi connectivity index (χ2v) is 6.09. The average Bonchev–Trinajstić information content (AvgIpc) is 2.60. The van der Waals surface area contributed by atoms with Crippen molar-refractivity contribution in [2.45, 2.75) is 26.2 Å². The van der Waals surface area contributed by atoms with E-state index >= 15 is 0 Å². The number of aromatic nitrogens is 2. The van der Waals surface area contributed by atoms with Crippen LogP contribution in [0.25, 0.3) is 0 Å². The Balaban J connectivity index is 1.76. The lowest BCUT2D eigenvalue weighted by atomic mass is 10.1. The molecule has 0 amide bonds. The summed E-state index contributed by atoms with van der Waals surface area (Å²) in [5.41, 5.74) is 0.248. The average molecular weight is 342 g/mol. The van der Waals surface area contributed by atoms with Crippen molar-refractivity contribution >= 4 is 11.8 Å². The molecule has 25 heavy (non-hydrogen) atoms. The molecular weight excluding hydrogens is 320 g/mol. The van der Waals surface area contributed by atoms with Crippen LogP contribution in [0.1, 0.15) is 19.4 Å². The summed E-state index contributed by atoms with van der Waals surface area (Å²) in [7, 11) is 0. The van der Waals surface area contributed by atoms with Crippen molar-refractivity contribution in [3.05, 3.63) is 48.3 Å². The number of carbonyl (C=O) groups excluding carboxylic acids is 1. The second kappa shape index (κ2) is 7.48. The molecule has 1 aliphatic rings. The van der Waals surface area contributed by atoms with Gasteiger partial charge in [0.05, 0.1) is 18.9 Å². The Bertz CT molecular complexity index is 725. The topological polar surface area (TPSA) is 76.6 Å². The van der Waals surface area contributed by atoms with Crippen molar-refractivity contribution in [2.24, 2.45) is 0 Å². The van der Waals surface area contributed by atoms with Crippen LogP contribution in [0.4, 0.5) is 5.82 Å². The van der Waals surface area contributed by atoms with Gasteiger partial charge in [0.15, 0.2) is 11.5 Å². The molecule has 1 atom stereocenters. The van der Waals surface area contributed by atoms with Crippen molar-refractivity contribution in [3.8, 4) is 5.88 Å². The molecule has 2 aromatic rings. The third-order valence-corrected chi connectivity index (χ3v) is 4.01. The highest BCUT2D eigenvalue weighted by molar-refractivity contribution is 5.67. The maximum Gasteiger partial charge on any atom is 0.304 e. The van der Waals surface area contributed by atoms with Crippen LogP contribution in [-0.2, 0) is 16.1 Å². The van der Waals surface area contributed by atoms with Crippen LogP contribution in [0.5, 0.6) is 5.88 Å². The van der Waals surface area contributed by atoms with Gasteiger partial charge in [0.1, 0.15) is 6.61 Å². The molecule has 7 heteroatoms. The van der Waals surface area contributed by atoms with Gasteiger partial charge in [-0.1, -0.05) is 30.3 Å². The Kier molecular flexibility index (Phi) is 5.14. The van der Waals surface area contributed by atoms with E-state index in [4.69, 9.17) is 9.47 Å². The summed E-state index contributed by atoms with van der Waals surface area (Å²) in [6.07, 6.45) is 3.24. The fourth-order valence-electron chi connectivity index (χ4n) is 2.87. The summed E-state index contributed by atoms with van der Waals surface area (Å²) < 4.78 is 11.3. The fraction of sp³-hybridized carbons (Fsp3) is 0.389. The highest BCUT2D eigenvalue weighted by atomic mass is 16.6. The molecule has 0 spiro atoms. The SMILES string of the molecule is CC(=O)O[C@@]1(C)CNCCN1c1cncc(OCc2ccccc2)n1. The Morgan fingerprint density at radius 1 is 1.32 bits per heavy atom. The van der Waals surface area contributed by atoms with Crippen molar-refractivity contribution < 1.29 is 14.3 Å². The van der Waals surface area contributed by atoms with Gasteiger partial charge in [-0.15, -0.1) is 0 Å². The zero-order valence-corrected chi connectivity index (χ0v) is 14.4. The molecule has 1 aromatic carbocycles. The Labute approximate surface area is 147 Å². The van der Waals surface area contributed by atoms with E-state index in [-0.39, 0.29) is 5.97 Å². The van der Waals surface area contributed by atoms with Crippen molar-refractivity contribution in [3.63, 3.8) is 0 Å². The molecule has 132 valence electrons. The van der Waals surface area contributed by atoms with Gasteiger partial charge in [0, 0.05) is 20.0 Å². The number of nitrogens with one attached hydrogen (secondary N) is 1. The molecule has 0 aliphatic carbocycles. The highest BCUT2D eigenvalue weighted by Gasteiger charge is 2.38. The van der Waals surface area contributed by atoms with Gasteiger partial charge in [-0.25, -0.2) is 0 Å². The first-order valence-corrected chi connectivity index (χ1v) is 8.23. The van der Waals surface area contributed by atoms with Crippen LogP contribution < -0.4 is 15.0 Å². The number of anilines is 1. The first-order chi connectivity index (χ1) is 12.1. The summed E-state index contributed by atoms with van der Waals surface area (Å²) in [6.45, 7) is 5.63. The van der Waals surface area contributed by atoms with Crippen LogP contribution in [0.2, 0.25) is 0 Å². The van der Waals surface area contributed by atoms with Crippen LogP contribution in [0.3, 0.4) is 0 Å². The van der Waals surface area contributed by atoms with Crippen LogP contribution in [-0.4, -0.2) is 41.3 Å². The quantitative estimate of drug-likeness (QED) is 0.830. The van der Waals surface area contributed by atoms with E-state index in [1.54, 1.807) is 12.4 Å². The minimum atomic E-state index is -0.809. The predicted octanol–water partition coefficient (Wildman–Crippen LogP) is 1.74. The van der Waals surface area contributed by atoms with E-state index in [1.807, 2.05) is 42.2 Å². The van der Waals surface area contributed by atoms with E-state index < -0.39 is 5.72 Å². The van der Waals surface area contributed by atoms with E-state index in [0.717, 1.165) is 12.1 Å². The first kappa shape index (κ1) is 17.2. The lowest BCUT2D eigenvalue weighted by Crippen LogP contribution is -2.62. The van der Waals surface area contributed by atoms with Gasteiger partial charge in [-0.3, -0.25) is 9.78 Å². The third-order valence-electron chi connectivity index (χ3n) is 4.01. The van der Waals surface area contributed by atoms with E-state index in [1.165, 1.54) is 6.92 Å². The number of rotatable bonds is 5. The lowest BCUT2D eigenvalue weighted by Gasteiger charge is -2.44. The molecule has 7 nitrogen and oxygen atoms in total. The predicted molar refractivity (Wildman–Crippen MR) is 93.2 cm³/mol. The smallest absolute Gasteiger partial charge is 0.304 e. The number of carbonyl (C=O) groups is 1. The molecule has 1 aromatic heterocycles. The van der Waals surface area contributed by atoms with E-state index in [9.17, 15) is 4.79 Å². The standard InChI is InChI=1S/C18H22N4O3/c1-14(23)25-18(2)13-19-8-9-22(18)16-10-20-11-17(21-16)24-12-15-6-4-3-5-7-15/h3-7,10-11,19H,8-9,12-13H2,1-2H3/t18-/m0/s1. The number of piperazine rings is 1. The zero-order chi connectivity index (χ0) is 17.7. The molecule has 1 N–H and O–H groups in total. The Morgan fingerprint density at radius 3 is 2.88 bits per heavy atom. The summed E-state index contributed by atoms with van der Waals surface area (Å²) in [6, 6.07) is 9.87. The maximum atomic E-state index is 11.5. The maximum absolute atomic E-state index is 11.5. The zero-order valence-electron chi connectivity index (χ0n) is 14.4. The Hall–Kier alpha value is -2.67. The third kappa shape index (κ3) is 4.24.